The molecule has 15 heavy (non-hydrogen) atoms. The average Bonchev–Trinajstić information content (AvgIpc) is 2.66. The summed E-state index contributed by atoms with van der Waals surface area (Å²) in [6, 6.07) is 3.79. The minimum absolute atomic E-state index is 0.149. The van der Waals surface area contributed by atoms with Crippen molar-refractivity contribution in [2.75, 3.05) is 19.8 Å². The molecule has 0 saturated carbocycles. The van der Waals surface area contributed by atoms with E-state index in [1.165, 1.54) is 6.33 Å². The van der Waals surface area contributed by atoms with Gasteiger partial charge in [0.05, 0.1) is 19.5 Å². The second-order valence-electron chi connectivity index (χ2n) is 2.76. The molecule has 1 aromatic heterocycles. The van der Waals surface area contributed by atoms with Crippen molar-refractivity contribution in [3.63, 3.8) is 0 Å². The summed E-state index contributed by atoms with van der Waals surface area (Å²) in [5, 5.41) is 17.4. The van der Waals surface area contributed by atoms with Crippen molar-refractivity contribution in [1.29, 1.82) is 10.5 Å². The Morgan fingerprint density at radius 2 is 2.20 bits per heavy atom. The van der Waals surface area contributed by atoms with E-state index < -0.39 is 0 Å². The fraction of sp³-hybridized carbons (Fsp3) is 0.444. The lowest BCUT2D eigenvalue weighted by molar-refractivity contribution is 0.133. The number of hydrogen-bond acceptors (Lipinski definition) is 5. The molecule has 0 aliphatic carbocycles. The smallest absolute Gasteiger partial charge is 0.176 e. The van der Waals surface area contributed by atoms with Crippen LogP contribution in [0.5, 0.6) is 0 Å². The van der Waals surface area contributed by atoms with Gasteiger partial charge in [0, 0.05) is 13.1 Å². The molecule has 0 bridgehead atoms. The van der Waals surface area contributed by atoms with Crippen LogP contribution >= 0.6 is 0 Å². The van der Waals surface area contributed by atoms with E-state index in [4.69, 9.17) is 21.0 Å². The molecule has 78 valence electrons. The van der Waals surface area contributed by atoms with Gasteiger partial charge in [0.25, 0.3) is 0 Å². The highest BCUT2D eigenvalue weighted by molar-refractivity contribution is 5.35. The van der Waals surface area contributed by atoms with Crippen LogP contribution in [0.4, 0.5) is 0 Å². The Balaban J connectivity index is 2.59. The Labute approximate surface area is 87.5 Å². The van der Waals surface area contributed by atoms with Gasteiger partial charge in [0.1, 0.15) is 12.1 Å². The maximum absolute atomic E-state index is 8.80. The lowest BCUT2D eigenvalue weighted by atomic mass is 10.3. The van der Waals surface area contributed by atoms with Crippen LogP contribution in [0.1, 0.15) is 11.4 Å². The summed E-state index contributed by atoms with van der Waals surface area (Å²) in [5.74, 6) is 0. The molecular weight excluding hydrogens is 194 g/mol. The van der Waals surface area contributed by atoms with Crippen LogP contribution in [0.2, 0.25) is 0 Å². The average molecular weight is 205 g/mol. The molecule has 0 radical (unpaired) electrons. The molecule has 0 aliphatic rings. The maximum Gasteiger partial charge on any atom is 0.176 e. The summed E-state index contributed by atoms with van der Waals surface area (Å²) in [4.78, 5) is 3.80. The minimum atomic E-state index is 0.149. The van der Waals surface area contributed by atoms with Crippen molar-refractivity contribution < 1.29 is 4.74 Å². The summed E-state index contributed by atoms with van der Waals surface area (Å²) in [6.45, 7) is 1.91. The molecule has 0 spiro atoms. The second-order valence-corrected chi connectivity index (χ2v) is 2.76. The Bertz CT molecular complexity index is 398. The molecule has 1 rings (SSSR count). The number of nitriles is 2. The Morgan fingerprint density at radius 1 is 1.40 bits per heavy atom. The molecule has 0 saturated heterocycles. The van der Waals surface area contributed by atoms with Gasteiger partial charge in [0.15, 0.2) is 11.4 Å². The van der Waals surface area contributed by atoms with Crippen LogP contribution in [0.3, 0.4) is 0 Å². The first-order chi connectivity index (χ1) is 7.33. The highest BCUT2D eigenvalue weighted by Gasteiger charge is 2.08. The van der Waals surface area contributed by atoms with E-state index in [-0.39, 0.29) is 11.4 Å². The predicted molar refractivity (Wildman–Crippen MR) is 51.5 cm³/mol. The number of ether oxygens (including phenoxy) is 1. The Morgan fingerprint density at radius 3 is 2.80 bits per heavy atom. The van der Waals surface area contributed by atoms with Gasteiger partial charge in [-0.25, -0.2) is 4.98 Å². The molecule has 0 unspecified atom stereocenters. The van der Waals surface area contributed by atoms with Crippen molar-refractivity contribution in [2.45, 2.75) is 6.54 Å². The molecule has 6 nitrogen and oxygen atoms in total. The molecule has 0 aromatic carbocycles. The monoisotopic (exact) mass is 205 g/mol. The van der Waals surface area contributed by atoms with Crippen molar-refractivity contribution in [1.82, 2.24) is 9.55 Å². The summed E-state index contributed by atoms with van der Waals surface area (Å²) in [5.41, 5.74) is 5.67. The number of aromatic nitrogens is 2. The molecular formula is C9H11N5O. The maximum atomic E-state index is 8.80. The van der Waals surface area contributed by atoms with E-state index in [2.05, 4.69) is 4.98 Å². The first-order valence-corrected chi connectivity index (χ1v) is 4.46. The topological polar surface area (TPSA) is 101 Å². The van der Waals surface area contributed by atoms with Crippen LogP contribution < -0.4 is 5.73 Å². The largest absolute Gasteiger partial charge is 0.378 e. The van der Waals surface area contributed by atoms with Crippen LogP contribution in [-0.2, 0) is 11.3 Å². The van der Waals surface area contributed by atoms with E-state index in [1.54, 1.807) is 4.57 Å². The molecule has 6 heteroatoms. The quantitative estimate of drug-likeness (QED) is 0.659. The Hall–Kier alpha value is -1.89. The highest BCUT2D eigenvalue weighted by Crippen LogP contribution is 2.04. The van der Waals surface area contributed by atoms with E-state index in [1.807, 2.05) is 12.1 Å². The Kier molecular flexibility index (Phi) is 4.30. The molecule has 0 aliphatic heterocycles. The first kappa shape index (κ1) is 11.2. The van der Waals surface area contributed by atoms with Gasteiger partial charge in [-0.1, -0.05) is 0 Å². The lowest BCUT2D eigenvalue weighted by Gasteiger charge is -2.03. The number of rotatable bonds is 5. The van der Waals surface area contributed by atoms with Gasteiger partial charge in [-0.05, 0) is 0 Å². The number of hydrogen-bond donors (Lipinski definition) is 1. The summed E-state index contributed by atoms with van der Waals surface area (Å²) in [7, 11) is 0. The van der Waals surface area contributed by atoms with Crippen LogP contribution in [-0.4, -0.2) is 29.3 Å². The normalized spacial score (nSPS) is 9.53. The number of nitrogens with zero attached hydrogens (tertiary/aromatic N) is 4. The van der Waals surface area contributed by atoms with E-state index >= 15 is 0 Å². The highest BCUT2D eigenvalue weighted by atomic mass is 16.5. The van der Waals surface area contributed by atoms with E-state index in [0.29, 0.717) is 26.3 Å². The zero-order valence-electron chi connectivity index (χ0n) is 8.18. The number of imidazole rings is 1. The minimum Gasteiger partial charge on any atom is -0.378 e. The van der Waals surface area contributed by atoms with Gasteiger partial charge in [-0.3, -0.25) is 0 Å². The van der Waals surface area contributed by atoms with Crippen molar-refractivity contribution in [3.8, 4) is 12.1 Å². The predicted octanol–water partition coefficient (Wildman–Crippen LogP) is -0.398. The fourth-order valence-corrected chi connectivity index (χ4v) is 1.10. The standard InChI is InChI=1S/C9H11N5O/c10-1-3-15-4-2-14-7-13-8(5-11)9(14)6-12/h7H,1-4,10H2. The van der Waals surface area contributed by atoms with Gasteiger partial charge in [-0.15, -0.1) is 0 Å². The lowest BCUT2D eigenvalue weighted by Crippen LogP contribution is -2.12. The zero-order valence-corrected chi connectivity index (χ0v) is 8.18. The van der Waals surface area contributed by atoms with Crippen molar-refractivity contribution >= 4 is 0 Å². The van der Waals surface area contributed by atoms with Gasteiger partial charge in [-0.2, -0.15) is 10.5 Å². The fourth-order valence-electron chi connectivity index (χ4n) is 1.10. The van der Waals surface area contributed by atoms with E-state index in [0.717, 1.165) is 0 Å². The van der Waals surface area contributed by atoms with Crippen molar-refractivity contribution in [2.24, 2.45) is 5.73 Å². The molecule has 0 fully saturated rings. The molecule has 0 amide bonds. The third kappa shape index (κ3) is 2.78. The summed E-state index contributed by atoms with van der Waals surface area (Å²) in [6.07, 6.45) is 1.46. The van der Waals surface area contributed by atoms with Gasteiger partial charge in [0.2, 0.25) is 0 Å². The molecule has 1 heterocycles. The molecule has 1 aromatic rings. The van der Waals surface area contributed by atoms with Crippen LogP contribution in [0.15, 0.2) is 6.33 Å². The van der Waals surface area contributed by atoms with Gasteiger partial charge < -0.3 is 15.0 Å². The number of nitrogens with two attached hydrogens (primary N) is 1. The molecule has 2 N–H and O–H groups in total. The third-order valence-corrected chi connectivity index (χ3v) is 1.79. The van der Waals surface area contributed by atoms with E-state index in [9.17, 15) is 0 Å². The third-order valence-electron chi connectivity index (χ3n) is 1.79. The zero-order chi connectivity index (χ0) is 11.1. The van der Waals surface area contributed by atoms with Gasteiger partial charge >= 0.3 is 0 Å². The first-order valence-electron chi connectivity index (χ1n) is 4.46. The van der Waals surface area contributed by atoms with Crippen LogP contribution in [0, 0.1) is 22.7 Å². The summed E-state index contributed by atoms with van der Waals surface area (Å²) < 4.78 is 6.76. The second kappa shape index (κ2) is 5.76. The SMILES string of the molecule is N#Cc1ncn(CCOCCN)c1C#N. The summed E-state index contributed by atoms with van der Waals surface area (Å²) >= 11 is 0. The van der Waals surface area contributed by atoms with Crippen molar-refractivity contribution in [3.05, 3.63) is 17.7 Å². The molecule has 0 atom stereocenters. The van der Waals surface area contributed by atoms with Crippen LogP contribution in [0.25, 0.3) is 0 Å².